The Balaban J connectivity index is 1.27. The second kappa shape index (κ2) is 14.0. The maximum atomic E-state index is 10.8. The third-order valence-corrected chi connectivity index (χ3v) is 7.37. The topological polar surface area (TPSA) is 49.2 Å². The highest BCUT2D eigenvalue weighted by molar-refractivity contribution is 5.43. The molecule has 2 heterocycles. The zero-order chi connectivity index (χ0) is 21.7. The predicted molar refractivity (Wildman–Crippen MR) is 131 cm³/mol. The Morgan fingerprint density at radius 3 is 1.74 bits per heavy atom. The SMILES string of the molecule is CCCCCCCCCCCCCCCCc1nc(N2CCC2)nc(C2CCC2)c1O. The minimum absolute atomic E-state index is 0.406. The molecule has 2 fully saturated rings. The molecule has 0 radical (unpaired) electrons. The summed E-state index contributed by atoms with van der Waals surface area (Å²) < 4.78 is 0. The highest BCUT2D eigenvalue weighted by atomic mass is 16.3. The van der Waals surface area contributed by atoms with Gasteiger partial charge in [-0.25, -0.2) is 9.97 Å². The predicted octanol–water partition coefficient (Wildman–Crippen LogP) is 7.68. The first-order valence-corrected chi connectivity index (χ1v) is 13.6. The third-order valence-electron chi connectivity index (χ3n) is 7.37. The Morgan fingerprint density at radius 1 is 0.742 bits per heavy atom. The largest absolute Gasteiger partial charge is 0.504 e. The molecule has 1 aromatic rings. The lowest BCUT2D eigenvalue weighted by atomic mass is 9.82. The maximum absolute atomic E-state index is 10.8. The number of aryl methyl sites for hydroxylation is 1. The van der Waals surface area contributed by atoms with E-state index in [-0.39, 0.29) is 0 Å². The molecule has 3 rings (SSSR count). The van der Waals surface area contributed by atoms with Gasteiger partial charge in [0.25, 0.3) is 0 Å². The molecule has 4 nitrogen and oxygen atoms in total. The second-order valence-electron chi connectivity index (χ2n) is 10.0. The molecule has 1 saturated heterocycles. The van der Waals surface area contributed by atoms with Crippen molar-refractivity contribution in [3.63, 3.8) is 0 Å². The van der Waals surface area contributed by atoms with Crippen LogP contribution in [0.1, 0.15) is 140 Å². The summed E-state index contributed by atoms with van der Waals surface area (Å²) in [5, 5.41) is 10.8. The van der Waals surface area contributed by atoms with E-state index in [0.717, 1.165) is 43.3 Å². The molecule has 1 aliphatic heterocycles. The Kier molecular flexibility index (Phi) is 11.0. The number of unbranched alkanes of at least 4 members (excludes halogenated alkanes) is 13. The highest BCUT2D eigenvalue weighted by Crippen LogP contribution is 2.41. The first kappa shape index (κ1) is 24.3. The summed E-state index contributed by atoms with van der Waals surface area (Å²) in [6.45, 7) is 4.41. The van der Waals surface area contributed by atoms with Crippen molar-refractivity contribution in [1.82, 2.24) is 9.97 Å². The van der Waals surface area contributed by atoms with Crippen molar-refractivity contribution < 1.29 is 5.11 Å². The van der Waals surface area contributed by atoms with Gasteiger partial charge in [0.1, 0.15) is 0 Å². The van der Waals surface area contributed by atoms with Gasteiger partial charge in [0.2, 0.25) is 5.95 Å². The van der Waals surface area contributed by atoms with Crippen LogP contribution in [0.15, 0.2) is 0 Å². The minimum atomic E-state index is 0.406. The highest BCUT2D eigenvalue weighted by Gasteiger charge is 2.28. The van der Waals surface area contributed by atoms with Crippen molar-refractivity contribution in [2.45, 2.75) is 135 Å². The summed E-state index contributed by atoms with van der Waals surface area (Å²) in [5.74, 6) is 1.73. The van der Waals surface area contributed by atoms with Crippen LogP contribution in [-0.4, -0.2) is 28.2 Å². The summed E-state index contributed by atoms with van der Waals surface area (Å²) in [7, 11) is 0. The number of anilines is 1. The Labute approximate surface area is 191 Å². The molecule has 31 heavy (non-hydrogen) atoms. The summed E-state index contributed by atoms with van der Waals surface area (Å²) in [6.07, 6.45) is 25.0. The van der Waals surface area contributed by atoms with Gasteiger partial charge in [-0.3, -0.25) is 0 Å². The van der Waals surface area contributed by atoms with E-state index in [4.69, 9.17) is 9.97 Å². The first-order chi connectivity index (χ1) is 15.3. The molecule has 1 N–H and O–H groups in total. The quantitative estimate of drug-likeness (QED) is 0.258. The molecule has 1 aliphatic carbocycles. The van der Waals surface area contributed by atoms with Gasteiger partial charge in [0, 0.05) is 19.0 Å². The van der Waals surface area contributed by atoms with Crippen LogP contribution in [0.2, 0.25) is 0 Å². The van der Waals surface area contributed by atoms with E-state index in [0.29, 0.717) is 11.7 Å². The van der Waals surface area contributed by atoms with Gasteiger partial charge in [-0.05, 0) is 32.1 Å². The van der Waals surface area contributed by atoms with Crippen molar-refractivity contribution in [1.29, 1.82) is 0 Å². The van der Waals surface area contributed by atoms with Crippen molar-refractivity contribution in [3.8, 4) is 5.75 Å². The Morgan fingerprint density at radius 2 is 1.29 bits per heavy atom. The van der Waals surface area contributed by atoms with Crippen molar-refractivity contribution >= 4 is 5.95 Å². The average Bonchev–Trinajstić information content (AvgIpc) is 2.68. The molecule has 0 spiro atoms. The molecule has 0 unspecified atom stereocenters. The molecule has 1 aromatic heterocycles. The summed E-state index contributed by atoms with van der Waals surface area (Å²) in [5.41, 5.74) is 1.83. The van der Waals surface area contributed by atoms with Crippen molar-refractivity contribution in [2.24, 2.45) is 0 Å². The van der Waals surface area contributed by atoms with Gasteiger partial charge >= 0.3 is 0 Å². The Bertz CT molecular complexity index is 625. The van der Waals surface area contributed by atoms with E-state index >= 15 is 0 Å². The molecule has 0 bridgehead atoms. The van der Waals surface area contributed by atoms with Gasteiger partial charge < -0.3 is 10.0 Å². The number of aromatic nitrogens is 2. The van der Waals surface area contributed by atoms with Gasteiger partial charge in [0.05, 0.1) is 11.4 Å². The summed E-state index contributed by atoms with van der Waals surface area (Å²) in [4.78, 5) is 11.8. The van der Waals surface area contributed by atoms with E-state index in [1.165, 1.54) is 109 Å². The number of rotatable bonds is 17. The molecule has 4 heteroatoms. The van der Waals surface area contributed by atoms with Gasteiger partial charge in [-0.15, -0.1) is 0 Å². The van der Waals surface area contributed by atoms with Gasteiger partial charge in [0.15, 0.2) is 5.75 Å². The molecule has 176 valence electrons. The van der Waals surface area contributed by atoms with Crippen LogP contribution in [0.5, 0.6) is 5.75 Å². The zero-order valence-corrected chi connectivity index (χ0v) is 20.2. The smallest absolute Gasteiger partial charge is 0.226 e. The summed E-state index contributed by atoms with van der Waals surface area (Å²) >= 11 is 0. The zero-order valence-electron chi connectivity index (χ0n) is 20.2. The number of hydrogen-bond donors (Lipinski definition) is 1. The monoisotopic (exact) mass is 429 g/mol. The van der Waals surface area contributed by atoms with Crippen LogP contribution in [0.25, 0.3) is 0 Å². The lowest BCUT2D eigenvalue weighted by Crippen LogP contribution is -2.38. The van der Waals surface area contributed by atoms with Crippen LogP contribution in [0.4, 0.5) is 5.95 Å². The number of nitrogens with zero attached hydrogens (tertiary/aromatic N) is 3. The van der Waals surface area contributed by atoms with Crippen molar-refractivity contribution in [2.75, 3.05) is 18.0 Å². The van der Waals surface area contributed by atoms with E-state index in [2.05, 4.69) is 11.8 Å². The van der Waals surface area contributed by atoms with E-state index in [1.807, 2.05) is 0 Å². The molecular weight excluding hydrogens is 382 g/mol. The van der Waals surface area contributed by atoms with Crippen LogP contribution < -0.4 is 4.90 Å². The lowest BCUT2D eigenvalue weighted by molar-refractivity contribution is 0.377. The maximum Gasteiger partial charge on any atom is 0.226 e. The van der Waals surface area contributed by atoms with Crippen molar-refractivity contribution in [3.05, 3.63) is 11.4 Å². The summed E-state index contributed by atoms with van der Waals surface area (Å²) in [6, 6.07) is 0. The number of hydrogen-bond acceptors (Lipinski definition) is 4. The third kappa shape index (κ3) is 7.95. The van der Waals surface area contributed by atoms with E-state index in [1.54, 1.807) is 0 Å². The van der Waals surface area contributed by atoms with E-state index in [9.17, 15) is 5.11 Å². The molecule has 1 saturated carbocycles. The second-order valence-corrected chi connectivity index (χ2v) is 10.0. The first-order valence-electron chi connectivity index (χ1n) is 13.6. The molecule has 0 aromatic carbocycles. The minimum Gasteiger partial charge on any atom is -0.504 e. The van der Waals surface area contributed by atoms with E-state index < -0.39 is 0 Å². The molecule has 0 atom stereocenters. The van der Waals surface area contributed by atoms with Crippen LogP contribution in [0.3, 0.4) is 0 Å². The molecular formula is C27H47N3O. The number of aromatic hydroxyl groups is 1. The van der Waals surface area contributed by atoms with Crippen LogP contribution in [0, 0.1) is 0 Å². The molecule has 2 aliphatic rings. The average molecular weight is 430 g/mol. The van der Waals surface area contributed by atoms with Crippen LogP contribution >= 0.6 is 0 Å². The molecule has 0 amide bonds. The lowest BCUT2D eigenvalue weighted by Gasteiger charge is -2.33. The fraction of sp³-hybridized carbons (Fsp3) is 0.852. The standard InChI is InChI=1S/C27H47N3O/c1-2-3-4-5-6-7-8-9-10-11-12-13-14-15-20-24-26(31)25(23-18-16-19-23)29-27(28-24)30-21-17-22-30/h23,31H,2-22H2,1H3. The Hall–Kier alpha value is -1.32. The normalized spacial score (nSPS) is 16.4. The van der Waals surface area contributed by atoms with Crippen LogP contribution in [-0.2, 0) is 6.42 Å². The fourth-order valence-corrected chi connectivity index (χ4v) is 4.79. The van der Waals surface area contributed by atoms with Gasteiger partial charge in [-0.2, -0.15) is 0 Å². The van der Waals surface area contributed by atoms with Gasteiger partial charge in [-0.1, -0.05) is 96.8 Å². The fourth-order valence-electron chi connectivity index (χ4n) is 4.79.